The highest BCUT2D eigenvalue weighted by molar-refractivity contribution is 5.86. The van der Waals surface area contributed by atoms with E-state index in [-0.39, 0.29) is 0 Å². The number of fused-ring (bicyclic) bond motifs is 1. The maximum atomic E-state index is 5.95. The zero-order chi connectivity index (χ0) is 17.6. The van der Waals surface area contributed by atoms with Crippen molar-refractivity contribution in [1.29, 1.82) is 0 Å². The number of ether oxygens (including phenoxy) is 3. The van der Waals surface area contributed by atoms with Crippen LogP contribution in [0.1, 0.15) is 6.92 Å². The van der Waals surface area contributed by atoms with Crippen molar-refractivity contribution in [3.63, 3.8) is 0 Å². The van der Waals surface area contributed by atoms with E-state index < -0.39 is 0 Å². The third-order valence-corrected chi connectivity index (χ3v) is 4.66. The van der Waals surface area contributed by atoms with Crippen LogP contribution in [0.25, 0.3) is 10.9 Å². The van der Waals surface area contributed by atoms with E-state index in [4.69, 9.17) is 14.2 Å². The summed E-state index contributed by atoms with van der Waals surface area (Å²) in [5.41, 5.74) is 0.777. The van der Waals surface area contributed by atoms with Crippen LogP contribution >= 0.6 is 0 Å². The van der Waals surface area contributed by atoms with E-state index in [0.29, 0.717) is 24.0 Å². The SMILES string of the molecule is CCN1CCN(CCOc2ncnc3cc(OC)c(OC)cc23)CC1. The zero-order valence-electron chi connectivity index (χ0n) is 15.2. The fourth-order valence-electron chi connectivity index (χ4n) is 3.07. The molecule has 0 aliphatic carbocycles. The lowest BCUT2D eigenvalue weighted by Crippen LogP contribution is -2.47. The van der Waals surface area contributed by atoms with Crippen molar-refractivity contribution in [2.75, 3.05) is 60.1 Å². The van der Waals surface area contributed by atoms with Crippen LogP contribution in [0.2, 0.25) is 0 Å². The molecule has 0 unspecified atom stereocenters. The molecule has 0 atom stereocenters. The molecule has 1 aromatic heterocycles. The molecule has 0 bridgehead atoms. The first-order chi connectivity index (χ1) is 12.2. The normalized spacial score (nSPS) is 16.1. The van der Waals surface area contributed by atoms with Crippen molar-refractivity contribution < 1.29 is 14.2 Å². The number of methoxy groups -OCH3 is 2. The first kappa shape index (κ1) is 17.7. The first-order valence-corrected chi connectivity index (χ1v) is 8.69. The van der Waals surface area contributed by atoms with Gasteiger partial charge < -0.3 is 19.1 Å². The second kappa shape index (κ2) is 8.31. The highest BCUT2D eigenvalue weighted by Gasteiger charge is 2.16. The van der Waals surface area contributed by atoms with E-state index >= 15 is 0 Å². The lowest BCUT2D eigenvalue weighted by Gasteiger charge is -2.33. The number of piperazine rings is 1. The average Bonchev–Trinajstić information content (AvgIpc) is 2.67. The molecular weight excluding hydrogens is 320 g/mol. The molecule has 1 aliphatic heterocycles. The summed E-state index contributed by atoms with van der Waals surface area (Å²) in [7, 11) is 3.23. The number of aromatic nitrogens is 2. The monoisotopic (exact) mass is 346 g/mol. The summed E-state index contributed by atoms with van der Waals surface area (Å²) < 4.78 is 16.6. The summed E-state index contributed by atoms with van der Waals surface area (Å²) in [6.07, 6.45) is 1.52. The van der Waals surface area contributed by atoms with Gasteiger partial charge in [0, 0.05) is 38.8 Å². The molecule has 2 aromatic rings. The third kappa shape index (κ3) is 4.11. The molecule has 0 amide bonds. The van der Waals surface area contributed by atoms with Crippen molar-refractivity contribution in [1.82, 2.24) is 19.8 Å². The lowest BCUT2D eigenvalue weighted by atomic mass is 10.2. The molecule has 7 heteroatoms. The van der Waals surface area contributed by atoms with Crippen LogP contribution in [0, 0.1) is 0 Å². The smallest absolute Gasteiger partial charge is 0.224 e. The largest absolute Gasteiger partial charge is 0.493 e. The Morgan fingerprint density at radius 1 is 0.960 bits per heavy atom. The van der Waals surface area contributed by atoms with Gasteiger partial charge in [-0.2, -0.15) is 0 Å². The van der Waals surface area contributed by atoms with E-state index in [1.54, 1.807) is 14.2 Å². The molecule has 0 spiro atoms. The molecule has 0 saturated carbocycles. The first-order valence-electron chi connectivity index (χ1n) is 8.69. The topological polar surface area (TPSA) is 60.0 Å². The number of benzene rings is 1. The number of likely N-dealkylation sites (N-methyl/N-ethyl adjacent to an activating group) is 1. The Bertz CT molecular complexity index is 702. The van der Waals surface area contributed by atoms with Gasteiger partial charge in [0.15, 0.2) is 11.5 Å². The molecule has 25 heavy (non-hydrogen) atoms. The van der Waals surface area contributed by atoms with Crippen LogP contribution in [-0.2, 0) is 0 Å². The van der Waals surface area contributed by atoms with E-state index in [0.717, 1.165) is 50.2 Å². The zero-order valence-corrected chi connectivity index (χ0v) is 15.2. The lowest BCUT2D eigenvalue weighted by molar-refractivity contribution is 0.120. The van der Waals surface area contributed by atoms with Gasteiger partial charge in [0.2, 0.25) is 5.88 Å². The number of hydrogen-bond donors (Lipinski definition) is 0. The van der Waals surface area contributed by atoms with Crippen molar-refractivity contribution in [3.8, 4) is 17.4 Å². The second-order valence-corrected chi connectivity index (χ2v) is 6.03. The molecule has 3 rings (SSSR count). The quantitative estimate of drug-likeness (QED) is 0.756. The Balaban J connectivity index is 1.65. The number of hydrogen-bond acceptors (Lipinski definition) is 7. The molecule has 1 aromatic carbocycles. The summed E-state index contributed by atoms with van der Waals surface area (Å²) in [5.74, 6) is 1.87. The molecule has 0 N–H and O–H groups in total. The fraction of sp³-hybridized carbons (Fsp3) is 0.556. The molecular formula is C18H26N4O3. The van der Waals surface area contributed by atoms with E-state index in [1.807, 2.05) is 12.1 Å². The van der Waals surface area contributed by atoms with Crippen molar-refractivity contribution in [3.05, 3.63) is 18.5 Å². The Kier molecular flexibility index (Phi) is 5.88. The Morgan fingerprint density at radius 3 is 2.32 bits per heavy atom. The van der Waals surface area contributed by atoms with Crippen molar-refractivity contribution in [2.24, 2.45) is 0 Å². The van der Waals surface area contributed by atoms with Gasteiger partial charge in [-0.1, -0.05) is 6.92 Å². The summed E-state index contributed by atoms with van der Waals surface area (Å²) in [6, 6.07) is 3.70. The Labute approximate surface area is 148 Å². The standard InChI is InChI=1S/C18H26N4O3/c1-4-21-5-7-22(8-6-21)9-10-25-18-14-11-16(23-2)17(24-3)12-15(14)19-13-20-18/h11-13H,4-10H2,1-3H3. The third-order valence-electron chi connectivity index (χ3n) is 4.66. The van der Waals surface area contributed by atoms with Gasteiger partial charge in [-0.25, -0.2) is 9.97 Å². The van der Waals surface area contributed by atoms with Crippen LogP contribution in [0.5, 0.6) is 17.4 Å². The van der Waals surface area contributed by atoms with Gasteiger partial charge >= 0.3 is 0 Å². The van der Waals surface area contributed by atoms with Crippen LogP contribution in [-0.4, -0.2) is 79.9 Å². The van der Waals surface area contributed by atoms with E-state index in [9.17, 15) is 0 Å². The molecule has 1 fully saturated rings. The minimum absolute atomic E-state index is 0.582. The van der Waals surface area contributed by atoms with Gasteiger partial charge in [0.05, 0.1) is 25.1 Å². The van der Waals surface area contributed by atoms with Crippen molar-refractivity contribution in [2.45, 2.75) is 6.92 Å². The minimum Gasteiger partial charge on any atom is -0.493 e. The molecule has 1 aliphatic rings. The van der Waals surface area contributed by atoms with Gasteiger partial charge in [-0.05, 0) is 12.6 Å². The average molecular weight is 346 g/mol. The summed E-state index contributed by atoms with van der Waals surface area (Å²) >= 11 is 0. The van der Waals surface area contributed by atoms with E-state index in [1.165, 1.54) is 6.33 Å². The van der Waals surface area contributed by atoms with Crippen LogP contribution in [0.4, 0.5) is 0 Å². The molecule has 0 radical (unpaired) electrons. The van der Waals surface area contributed by atoms with Crippen LogP contribution in [0.15, 0.2) is 18.5 Å². The summed E-state index contributed by atoms with van der Waals surface area (Å²) in [4.78, 5) is 13.5. The van der Waals surface area contributed by atoms with Gasteiger partial charge in [-0.15, -0.1) is 0 Å². The Hall–Kier alpha value is -2.12. The maximum absolute atomic E-state index is 5.95. The predicted molar refractivity (Wildman–Crippen MR) is 96.7 cm³/mol. The van der Waals surface area contributed by atoms with E-state index in [2.05, 4.69) is 26.7 Å². The molecule has 136 valence electrons. The Morgan fingerprint density at radius 2 is 1.64 bits per heavy atom. The number of nitrogens with zero attached hydrogens (tertiary/aromatic N) is 4. The highest BCUT2D eigenvalue weighted by atomic mass is 16.5. The highest BCUT2D eigenvalue weighted by Crippen LogP contribution is 2.34. The van der Waals surface area contributed by atoms with Crippen LogP contribution in [0.3, 0.4) is 0 Å². The van der Waals surface area contributed by atoms with Gasteiger partial charge in [0.1, 0.15) is 12.9 Å². The minimum atomic E-state index is 0.582. The number of rotatable bonds is 7. The van der Waals surface area contributed by atoms with Crippen molar-refractivity contribution >= 4 is 10.9 Å². The summed E-state index contributed by atoms with van der Waals surface area (Å²) in [5, 5.41) is 0.830. The molecule has 1 saturated heterocycles. The fourth-order valence-corrected chi connectivity index (χ4v) is 3.07. The second-order valence-electron chi connectivity index (χ2n) is 6.03. The van der Waals surface area contributed by atoms with Crippen LogP contribution < -0.4 is 14.2 Å². The molecule has 7 nitrogen and oxygen atoms in total. The maximum Gasteiger partial charge on any atom is 0.224 e. The molecule has 2 heterocycles. The predicted octanol–water partition coefficient (Wildman–Crippen LogP) is 1.66. The van der Waals surface area contributed by atoms with Gasteiger partial charge in [-0.3, -0.25) is 4.90 Å². The summed E-state index contributed by atoms with van der Waals surface area (Å²) in [6.45, 7) is 9.28. The van der Waals surface area contributed by atoms with Gasteiger partial charge in [0.25, 0.3) is 0 Å².